The van der Waals surface area contributed by atoms with E-state index in [0.717, 1.165) is 6.07 Å². The average molecular weight is 328 g/mol. The second kappa shape index (κ2) is 7.11. The number of urea groups is 1. The Hall–Kier alpha value is -2.03. The average Bonchev–Trinajstić information content (AvgIpc) is 2.34. The van der Waals surface area contributed by atoms with Crippen LogP contribution in [0.4, 0.5) is 28.0 Å². The molecule has 116 valence electrons. The summed E-state index contributed by atoms with van der Waals surface area (Å²) in [6.07, 6.45) is -4.58. The molecule has 0 aliphatic heterocycles. The number of hydrogen-bond donors (Lipinski definition) is 3. The molecule has 0 radical (unpaired) electrons. The van der Waals surface area contributed by atoms with Crippen LogP contribution in [0.25, 0.3) is 0 Å². The van der Waals surface area contributed by atoms with E-state index in [1.807, 2.05) is 0 Å². The molecule has 5 nitrogen and oxygen atoms in total. The SMILES string of the molecule is O=C(CNc1ccc(Cl)cc1F)NC(=O)NCC(F)(F)F. The van der Waals surface area contributed by atoms with Crippen LogP contribution in [0.3, 0.4) is 0 Å². The Kier molecular flexibility index (Phi) is 5.77. The number of carbonyl (C=O) groups is 2. The van der Waals surface area contributed by atoms with Gasteiger partial charge in [0.05, 0.1) is 12.2 Å². The highest BCUT2D eigenvalue weighted by Gasteiger charge is 2.27. The minimum Gasteiger partial charge on any atom is -0.374 e. The number of carbonyl (C=O) groups excluding carboxylic acids is 2. The maximum Gasteiger partial charge on any atom is 0.405 e. The minimum atomic E-state index is -4.58. The third kappa shape index (κ3) is 6.80. The van der Waals surface area contributed by atoms with Gasteiger partial charge in [-0.25, -0.2) is 9.18 Å². The van der Waals surface area contributed by atoms with Crippen LogP contribution in [0.2, 0.25) is 5.02 Å². The van der Waals surface area contributed by atoms with Crippen molar-refractivity contribution < 1.29 is 27.2 Å². The summed E-state index contributed by atoms with van der Waals surface area (Å²) in [6.45, 7) is -2.07. The number of rotatable bonds is 4. The third-order valence-corrected chi connectivity index (χ3v) is 2.31. The fraction of sp³-hybridized carbons (Fsp3) is 0.273. The number of halogens is 5. The smallest absolute Gasteiger partial charge is 0.374 e. The van der Waals surface area contributed by atoms with Gasteiger partial charge in [0.25, 0.3) is 0 Å². The highest BCUT2D eigenvalue weighted by molar-refractivity contribution is 6.30. The van der Waals surface area contributed by atoms with E-state index in [-0.39, 0.29) is 10.7 Å². The normalized spacial score (nSPS) is 10.9. The van der Waals surface area contributed by atoms with Crippen molar-refractivity contribution >= 4 is 29.2 Å². The lowest BCUT2D eigenvalue weighted by atomic mass is 10.3. The second-order valence-electron chi connectivity index (χ2n) is 3.82. The lowest BCUT2D eigenvalue weighted by molar-refractivity contribution is -0.124. The Morgan fingerprint density at radius 2 is 1.90 bits per heavy atom. The van der Waals surface area contributed by atoms with E-state index in [1.54, 1.807) is 5.32 Å². The second-order valence-corrected chi connectivity index (χ2v) is 4.26. The minimum absolute atomic E-state index is 0.0368. The molecule has 21 heavy (non-hydrogen) atoms. The summed E-state index contributed by atoms with van der Waals surface area (Å²) in [5.74, 6) is -1.64. The molecule has 3 N–H and O–H groups in total. The molecule has 1 aromatic carbocycles. The predicted molar refractivity (Wildman–Crippen MR) is 67.5 cm³/mol. The fourth-order valence-electron chi connectivity index (χ4n) is 1.20. The van der Waals surface area contributed by atoms with Gasteiger partial charge >= 0.3 is 12.2 Å². The summed E-state index contributed by atoms with van der Waals surface area (Å²) in [7, 11) is 0. The third-order valence-electron chi connectivity index (χ3n) is 2.07. The topological polar surface area (TPSA) is 70.2 Å². The van der Waals surface area contributed by atoms with E-state index in [0.29, 0.717) is 0 Å². The van der Waals surface area contributed by atoms with Crippen molar-refractivity contribution in [3.8, 4) is 0 Å². The van der Waals surface area contributed by atoms with E-state index >= 15 is 0 Å². The maximum absolute atomic E-state index is 13.3. The van der Waals surface area contributed by atoms with Crippen molar-refractivity contribution in [3.63, 3.8) is 0 Å². The van der Waals surface area contributed by atoms with E-state index < -0.39 is 37.0 Å². The fourth-order valence-corrected chi connectivity index (χ4v) is 1.36. The molecule has 0 aromatic heterocycles. The zero-order chi connectivity index (χ0) is 16.0. The van der Waals surface area contributed by atoms with Crippen LogP contribution in [0, 0.1) is 5.82 Å². The van der Waals surface area contributed by atoms with Crippen molar-refractivity contribution in [1.82, 2.24) is 10.6 Å². The Labute approximate surface area is 121 Å². The summed E-state index contributed by atoms with van der Waals surface area (Å²) >= 11 is 5.53. The Bertz CT molecular complexity index is 537. The first-order chi connectivity index (χ1) is 9.67. The molecule has 1 rings (SSSR count). The molecule has 0 spiro atoms. The van der Waals surface area contributed by atoms with Gasteiger partial charge in [-0.3, -0.25) is 10.1 Å². The Balaban J connectivity index is 2.39. The van der Waals surface area contributed by atoms with Crippen molar-refractivity contribution in [2.75, 3.05) is 18.4 Å². The van der Waals surface area contributed by atoms with Gasteiger partial charge in [0.15, 0.2) is 0 Å². The van der Waals surface area contributed by atoms with Crippen LogP contribution in [-0.2, 0) is 4.79 Å². The Morgan fingerprint density at radius 3 is 2.48 bits per heavy atom. The highest BCUT2D eigenvalue weighted by atomic mass is 35.5. The number of nitrogens with one attached hydrogen (secondary N) is 3. The molecule has 10 heteroatoms. The van der Waals surface area contributed by atoms with Crippen LogP contribution in [-0.4, -0.2) is 31.2 Å². The largest absolute Gasteiger partial charge is 0.405 e. The molecule has 1 aromatic rings. The molecule has 0 aliphatic carbocycles. The summed E-state index contributed by atoms with van der Waals surface area (Å²) in [5.41, 5.74) is -0.0368. The molecule has 0 saturated heterocycles. The standard InChI is InChI=1S/C11H10ClF4N3O2/c12-6-1-2-8(7(13)3-6)17-4-9(20)19-10(21)18-5-11(14,15)16/h1-3,17H,4-5H2,(H2,18,19,20,21). The summed E-state index contributed by atoms with van der Waals surface area (Å²) in [4.78, 5) is 22.2. The number of amides is 3. The molecule has 0 heterocycles. The quantitative estimate of drug-likeness (QED) is 0.743. The number of hydrogen-bond acceptors (Lipinski definition) is 3. The lowest BCUT2D eigenvalue weighted by Gasteiger charge is -2.10. The van der Waals surface area contributed by atoms with Crippen LogP contribution in [0.5, 0.6) is 0 Å². The van der Waals surface area contributed by atoms with Crippen molar-refractivity contribution in [2.45, 2.75) is 6.18 Å². The molecule has 0 aliphatic rings. The van der Waals surface area contributed by atoms with Gasteiger partial charge in [0.2, 0.25) is 5.91 Å². The number of anilines is 1. The van der Waals surface area contributed by atoms with Crippen molar-refractivity contribution in [1.29, 1.82) is 0 Å². The summed E-state index contributed by atoms with van der Waals surface area (Å²) < 4.78 is 48.8. The molecular weight excluding hydrogens is 318 g/mol. The van der Waals surface area contributed by atoms with E-state index in [4.69, 9.17) is 11.6 Å². The molecule has 0 saturated carbocycles. The Morgan fingerprint density at radius 1 is 1.24 bits per heavy atom. The van der Waals surface area contributed by atoms with Gasteiger partial charge < -0.3 is 10.6 Å². The first kappa shape index (κ1) is 17.0. The number of imide groups is 1. The zero-order valence-corrected chi connectivity index (χ0v) is 11.1. The molecule has 0 atom stereocenters. The van der Waals surface area contributed by atoms with Gasteiger partial charge in [-0.1, -0.05) is 11.6 Å². The molecular formula is C11H10ClF4N3O2. The summed E-state index contributed by atoms with van der Waals surface area (Å²) in [5, 5.41) is 5.64. The van der Waals surface area contributed by atoms with Crippen molar-refractivity contribution in [2.24, 2.45) is 0 Å². The lowest BCUT2D eigenvalue weighted by Crippen LogP contribution is -2.45. The van der Waals surface area contributed by atoms with Gasteiger partial charge in [-0.15, -0.1) is 0 Å². The first-order valence-corrected chi connectivity index (χ1v) is 5.88. The molecule has 0 bridgehead atoms. The monoisotopic (exact) mass is 327 g/mol. The highest BCUT2D eigenvalue weighted by Crippen LogP contribution is 2.18. The molecule has 0 unspecified atom stereocenters. The van der Waals surface area contributed by atoms with Gasteiger partial charge in [0, 0.05) is 5.02 Å². The predicted octanol–water partition coefficient (Wildman–Crippen LogP) is 2.28. The van der Waals surface area contributed by atoms with Crippen LogP contribution in [0.15, 0.2) is 18.2 Å². The van der Waals surface area contributed by atoms with E-state index in [9.17, 15) is 27.2 Å². The van der Waals surface area contributed by atoms with Crippen LogP contribution >= 0.6 is 11.6 Å². The van der Waals surface area contributed by atoms with Gasteiger partial charge in [-0.2, -0.15) is 13.2 Å². The molecule has 3 amide bonds. The van der Waals surface area contributed by atoms with E-state index in [2.05, 4.69) is 5.32 Å². The molecule has 0 fully saturated rings. The number of benzene rings is 1. The van der Waals surface area contributed by atoms with Crippen molar-refractivity contribution in [3.05, 3.63) is 29.0 Å². The van der Waals surface area contributed by atoms with Crippen LogP contribution in [0.1, 0.15) is 0 Å². The maximum atomic E-state index is 13.3. The zero-order valence-electron chi connectivity index (χ0n) is 10.4. The summed E-state index contributed by atoms with van der Waals surface area (Å²) in [6, 6.07) is 2.36. The number of alkyl halides is 3. The van der Waals surface area contributed by atoms with Gasteiger partial charge in [-0.05, 0) is 18.2 Å². The van der Waals surface area contributed by atoms with E-state index in [1.165, 1.54) is 17.4 Å². The van der Waals surface area contributed by atoms with Gasteiger partial charge in [0.1, 0.15) is 12.4 Å². The van der Waals surface area contributed by atoms with Crippen LogP contribution < -0.4 is 16.0 Å². The first-order valence-electron chi connectivity index (χ1n) is 5.51.